The van der Waals surface area contributed by atoms with Gasteiger partial charge in [-0.2, -0.15) is 0 Å². The van der Waals surface area contributed by atoms with Gasteiger partial charge in [0.05, 0.1) is 0 Å². The number of benzene rings is 1. The van der Waals surface area contributed by atoms with Gasteiger partial charge in [0.2, 0.25) is 5.91 Å². The summed E-state index contributed by atoms with van der Waals surface area (Å²) in [6.45, 7) is 5.38. The van der Waals surface area contributed by atoms with E-state index >= 15 is 0 Å². The summed E-state index contributed by atoms with van der Waals surface area (Å²) in [6.07, 6.45) is -0.766. The lowest BCUT2D eigenvalue weighted by atomic mass is 9.99. The number of halogens is 2. The van der Waals surface area contributed by atoms with Crippen molar-refractivity contribution in [3.8, 4) is 0 Å². The Balaban J connectivity index is 2.16. The van der Waals surface area contributed by atoms with Crippen LogP contribution in [-0.4, -0.2) is 77.0 Å². The van der Waals surface area contributed by atoms with Gasteiger partial charge in [-0.15, -0.1) is 0 Å². The lowest BCUT2D eigenvalue weighted by Gasteiger charge is -2.31. The average Bonchev–Trinajstić information content (AvgIpc) is 3.04. The number of nitrogens with zero attached hydrogens (tertiary/aromatic N) is 1. The van der Waals surface area contributed by atoms with Crippen molar-refractivity contribution in [2.45, 2.75) is 83.5 Å². The highest BCUT2D eigenvalue weighted by Crippen LogP contribution is 2.19. The fraction of sp³-hybridized carbons (Fsp3) is 0.593. The molecule has 212 valence electrons. The molecular formula is C27H38F2N2O7. The molecule has 9 nitrogen and oxygen atoms in total. The summed E-state index contributed by atoms with van der Waals surface area (Å²) in [7, 11) is 1.17. The first-order valence-electron chi connectivity index (χ1n) is 12.8. The maximum atomic E-state index is 13.6. The number of likely N-dealkylation sites (tertiary alicyclic amines) is 1. The van der Waals surface area contributed by atoms with Crippen LogP contribution in [0.5, 0.6) is 0 Å². The van der Waals surface area contributed by atoms with Crippen LogP contribution < -0.4 is 5.32 Å². The van der Waals surface area contributed by atoms with Crippen LogP contribution in [0.2, 0.25) is 0 Å². The van der Waals surface area contributed by atoms with Gasteiger partial charge in [-0.1, -0.05) is 38.5 Å². The topological polar surface area (TPSA) is 125 Å². The van der Waals surface area contributed by atoms with Crippen molar-refractivity contribution in [1.29, 1.82) is 0 Å². The van der Waals surface area contributed by atoms with Crippen LogP contribution >= 0.6 is 0 Å². The molecule has 1 aliphatic heterocycles. The van der Waals surface area contributed by atoms with E-state index in [1.807, 2.05) is 13.8 Å². The minimum absolute atomic E-state index is 0.0297. The Hall–Kier alpha value is -2.89. The number of nitrogens with one attached hydrogen (secondary N) is 1. The number of hydrogen-bond donors (Lipinski definition) is 3. The number of aliphatic hydroxyl groups is 2. The van der Waals surface area contributed by atoms with Crippen LogP contribution in [0.1, 0.15) is 52.0 Å². The number of carbonyl (C=O) groups is 3. The molecule has 0 radical (unpaired) electrons. The summed E-state index contributed by atoms with van der Waals surface area (Å²) in [5, 5.41) is 24.1. The zero-order valence-electron chi connectivity index (χ0n) is 22.2. The third-order valence-corrected chi connectivity index (χ3v) is 6.53. The van der Waals surface area contributed by atoms with E-state index in [1.54, 1.807) is 6.08 Å². The first kappa shape index (κ1) is 31.3. The smallest absolute Gasteiger partial charge is 0.303 e. The van der Waals surface area contributed by atoms with Crippen molar-refractivity contribution in [3.05, 3.63) is 47.5 Å². The molecule has 1 unspecified atom stereocenters. The van der Waals surface area contributed by atoms with Gasteiger partial charge in [0.1, 0.15) is 18.2 Å². The van der Waals surface area contributed by atoms with E-state index in [0.29, 0.717) is 31.4 Å². The van der Waals surface area contributed by atoms with Gasteiger partial charge in [-0.3, -0.25) is 14.4 Å². The van der Waals surface area contributed by atoms with Gasteiger partial charge in [0.15, 0.2) is 23.8 Å². The quantitative estimate of drug-likeness (QED) is 0.274. The molecule has 1 aliphatic rings. The molecular weight excluding hydrogens is 502 g/mol. The molecule has 1 fully saturated rings. The number of ether oxygens (including phenoxy) is 2. The summed E-state index contributed by atoms with van der Waals surface area (Å²) in [4.78, 5) is 39.4. The molecule has 1 heterocycles. The number of methoxy groups -OCH3 is 1. The van der Waals surface area contributed by atoms with E-state index in [-0.39, 0.29) is 12.5 Å². The maximum Gasteiger partial charge on any atom is 0.303 e. The molecule has 3 N–H and O–H groups in total. The zero-order chi connectivity index (χ0) is 28.4. The van der Waals surface area contributed by atoms with Gasteiger partial charge in [-0.05, 0) is 42.9 Å². The molecule has 38 heavy (non-hydrogen) atoms. The first-order valence-corrected chi connectivity index (χ1v) is 12.8. The molecule has 2 rings (SSSR count). The number of rotatable bonds is 12. The molecule has 6 atom stereocenters. The highest BCUT2D eigenvalue weighted by atomic mass is 19.2. The van der Waals surface area contributed by atoms with E-state index in [4.69, 9.17) is 9.47 Å². The van der Waals surface area contributed by atoms with E-state index in [9.17, 15) is 33.4 Å². The minimum Gasteiger partial charge on any atom is -0.457 e. The van der Waals surface area contributed by atoms with Crippen LogP contribution in [0, 0.1) is 17.6 Å². The number of aliphatic hydroxyl groups excluding tert-OH is 2. The summed E-state index contributed by atoms with van der Waals surface area (Å²) in [6, 6.07) is 2.44. The van der Waals surface area contributed by atoms with E-state index < -0.39 is 59.9 Å². The second-order valence-electron chi connectivity index (χ2n) is 9.55. The maximum absolute atomic E-state index is 13.6. The summed E-state index contributed by atoms with van der Waals surface area (Å²) in [5.74, 6) is -3.90. The lowest BCUT2D eigenvalue weighted by Crippen LogP contribution is -2.56. The average molecular weight is 541 g/mol. The molecule has 1 aromatic rings. The van der Waals surface area contributed by atoms with E-state index in [1.165, 1.54) is 24.2 Å². The van der Waals surface area contributed by atoms with Crippen molar-refractivity contribution in [1.82, 2.24) is 10.2 Å². The van der Waals surface area contributed by atoms with Crippen molar-refractivity contribution >= 4 is 17.8 Å². The molecule has 2 amide bonds. The molecule has 0 saturated carbocycles. The van der Waals surface area contributed by atoms with Gasteiger partial charge in [-0.25, -0.2) is 8.78 Å². The highest BCUT2D eigenvalue weighted by Gasteiger charge is 2.40. The molecule has 11 heteroatoms. The van der Waals surface area contributed by atoms with E-state index in [2.05, 4.69) is 5.32 Å². The van der Waals surface area contributed by atoms with Crippen LogP contribution in [0.15, 0.2) is 30.4 Å². The van der Waals surface area contributed by atoms with E-state index in [0.717, 1.165) is 25.5 Å². The zero-order valence-corrected chi connectivity index (χ0v) is 22.2. The Labute approximate surface area is 221 Å². The third kappa shape index (κ3) is 8.85. The predicted molar refractivity (Wildman–Crippen MR) is 135 cm³/mol. The summed E-state index contributed by atoms with van der Waals surface area (Å²) in [5.41, 5.74) is 0.401. The predicted octanol–water partition coefficient (Wildman–Crippen LogP) is 2.23. The van der Waals surface area contributed by atoms with Crippen LogP contribution in [0.4, 0.5) is 8.78 Å². The Morgan fingerprint density at radius 2 is 1.92 bits per heavy atom. The Morgan fingerprint density at radius 3 is 2.53 bits per heavy atom. The fourth-order valence-electron chi connectivity index (χ4n) is 4.16. The van der Waals surface area contributed by atoms with Crippen LogP contribution in [-0.2, 0) is 30.4 Å². The first-order chi connectivity index (χ1) is 18.0. The second kappa shape index (κ2) is 14.9. The summed E-state index contributed by atoms with van der Waals surface area (Å²) < 4.78 is 37.3. The van der Waals surface area contributed by atoms with Crippen molar-refractivity contribution in [2.75, 3.05) is 13.7 Å². The molecule has 0 aromatic heterocycles. The van der Waals surface area contributed by atoms with Crippen molar-refractivity contribution in [2.24, 2.45) is 5.92 Å². The summed E-state index contributed by atoms with van der Waals surface area (Å²) >= 11 is 0. The SMILES string of the molecule is CCC(C)/C=C/[C@@H](O)[C@H](OC(C)=O)[C@@H](O)[C@@H](OC)C(=O)N[C@H]1CCCCN(Cc2ccc(F)c(F)c2)C1=O. The monoisotopic (exact) mass is 540 g/mol. The Morgan fingerprint density at radius 1 is 1.21 bits per heavy atom. The molecule has 0 spiro atoms. The normalized spacial score (nSPS) is 20.4. The van der Waals surface area contributed by atoms with Crippen LogP contribution in [0.25, 0.3) is 0 Å². The molecule has 0 aliphatic carbocycles. The standard InChI is InChI=1S/C27H38F2N2O7/c1-5-16(2)9-12-22(33)24(38-17(3)32)23(34)25(37-4)26(35)30-21-8-6-7-13-31(27(21)36)15-18-10-11-19(28)20(29)14-18/h9-12,14,16,21-25,33-34H,5-8,13,15H2,1-4H3,(H,30,35)/b12-9+/t16?,21-,22+,23+,24-,25+/m0/s1. The molecule has 1 aromatic carbocycles. The number of amides is 2. The van der Waals surface area contributed by atoms with Crippen molar-refractivity contribution in [3.63, 3.8) is 0 Å². The van der Waals surface area contributed by atoms with Gasteiger partial charge in [0.25, 0.3) is 5.91 Å². The number of carbonyl (C=O) groups excluding carboxylic acids is 3. The second-order valence-corrected chi connectivity index (χ2v) is 9.55. The van der Waals surface area contributed by atoms with Gasteiger partial charge < -0.3 is 29.9 Å². The van der Waals surface area contributed by atoms with Crippen molar-refractivity contribution < 1.29 is 42.9 Å². The van der Waals surface area contributed by atoms with Gasteiger partial charge >= 0.3 is 5.97 Å². The lowest BCUT2D eigenvalue weighted by molar-refractivity contribution is -0.172. The highest BCUT2D eigenvalue weighted by molar-refractivity contribution is 5.90. The third-order valence-electron chi connectivity index (χ3n) is 6.53. The molecule has 0 bridgehead atoms. The largest absolute Gasteiger partial charge is 0.457 e. The van der Waals surface area contributed by atoms with Crippen LogP contribution in [0.3, 0.4) is 0 Å². The van der Waals surface area contributed by atoms with Gasteiger partial charge in [0, 0.05) is 27.1 Å². The Kier molecular flexibility index (Phi) is 12.3. The number of hydrogen-bond acceptors (Lipinski definition) is 7. The fourth-order valence-corrected chi connectivity index (χ4v) is 4.16. The minimum atomic E-state index is -1.75. The number of esters is 1. The molecule has 1 saturated heterocycles. The number of allylic oxidation sites excluding steroid dienone is 1. The Bertz CT molecular complexity index is 990.